The summed E-state index contributed by atoms with van der Waals surface area (Å²) < 4.78 is 13.8. The number of carbonyl (C=O) groups excluding carboxylic acids is 2. The Morgan fingerprint density at radius 3 is 1.17 bits per heavy atom. The number of benzene rings is 4. The summed E-state index contributed by atoms with van der Waals surface area (Å²) in [5.74, 6) is -0.390. The van der Waals surface area contributed by atoms with E-state index in [2.05, 4.69) is 55.6 Å². The van der Waals surface area contributed by atoms with Crippen molar-refractivity contribution in [3.63, 3.8) is 0 Å². The first-order valence-corrected chi connectivity index (χ1v) is 26.4. The van der Waals surface area contributed by atoms with E-state index in [0.29, 0.717) is 18.4 Å². The number of hydrogen-bond acceptors (Lipinski definition) is 4. The first-order chi connectivity index (χ1) is 32.1. The zero-order chi connectivity index (χ0) is 45.9. The SMILES string of the molecule is CCCCCCCCCCCCCCCC(=O)N[C@@H](COC(c1ccccc1)(c1ccccc1)c1ccccc1)[C@@H](CCCCCCCCCCCCCCC)OC(=O)c1ccccc1. The van der Waals surface area contributed by atoms with Gasteiger partial charge >= 0.3 is 5.97 Å². The largest absolute Gasteiger partial charge is 0.456 e. The first-order valence-electron chi connectivity index (χ1n) is 26.4. The van der Waals surface area contributed by atoms with Crippen LogP contribution in [0.3, 0.4) is 0 Å². The smallest absolute Gasteiger partial charge is 0.338 e. The summed E-state index contributed by atoms with van der Waals surface area (Å²) in [6, 6.07) is 39.7. The first kappa shape index (κ1) is 53.4. The molecule has 0 bridgehead atoms. The highest BCUT2D eigenvalue weighted by atomic mass is 16.5. The lowest BCUT2D eigenvalue weighted by atomic mass is 9.80. The average Bonchev–Trinajstić information content (AvgIpc) is 3.35. The standard InChI is InChI=1S/C60H87NO4/c1-3-5-7-9-11-13-15-17-19-21-23-25-39-49-57(65-59(63)52-41-31-27-32-42-52)56(61-58(62)50-40-26-24-22-20-18-16-14-12-10-8-6-4-2)51-64-60(53-43-33-28-34-44-53,54-45-35-29-36-46-54)55-47-37-30-38-48-55/h27-38,41-48,56-57H,3-26,39-40,49-51H2,1-2H3,(H,61,62)/t56-,57+/m0/s1. The molecule has 4 aromatic rings. The molecule has 1 amide bonds. The van der Waals surface area contributed by atoms with Crippen LogP contribution in [0.1, 0.15) is 221 Å². The van der Waals surface area contributed by atoms with Crippen molar-refractivity contribution in [1.29, 1.82) is 0 Å². The lowest BCUT2D eigenvalue weighted by Gasteiger charge is -2.38. The van der Waals surface area contributed by atoms with E-state index < -0.39 is 17.7 Å². The summed E-state index contributed by atoms with van der Waals surface area (Å²) in [4.78, 5) is 27.9. The van der Waals surface area contributed by atoms with Gasteiger partial charge in [0.05, 0.1) is 18.2 Å². The minimum atomic E-state index is -0.981. The van der Waals surface area contributed by atoms with Gasteiger partial charge in [0.25, 0.3) is 0 Å². The minimum absolute atomic E-state index is 0.0162. The second kappa shape index (κ2) is 34.1. The van der Waals surface area contributed by atoms with Crippen LogP contribution in [0.25, 0.3) is 0 Å². The number of carbonyl (C=O) groups is 2. The van der Waals surface area contributed by atoms with Crippen LogP contribution in [-0.4, -0.2) is 30.6 Å². The van der Waals surface area contributed by atoms with Crippen molar-refractivity contribution in [2.75, 3.05) is 6.61 Å². The predicted molar refractivity (Wildman–Crippen MR) is 273 cm³/mol. The molecule has 0 aliphatic carbocycles. The molecular formula is C60H87NO4. The van der Waals surface area contributed by atoms with Gasteiger partial charge in [0.1, 0.15) is 11.7 Å². The molecule has 4 rings (SSSR count). The predicted octanol–water partition coefficient (Wildman–Crippen LogP) is 16.7. The van der Waals surface area contributed by atoms with E-state index in [4.69, 9.17) is 9.47 Å². The fourth-order valence-corrected chi connectivity index (χ4v) is 9.29. The van der Waals surface area contributed by atoms with E-state index in [0.717, 1.165) is 55.2 Å². The Hall–Kier alpha value is -4.22. The van der Waals surface area contributed by atoms with Crippen molar-refractivity contribution in [3.05, 3.63) is 144 Å². The van der Waals surface area contributed by atoms with Crippen molar-refractivity contribution < 1.29 is 19.1 Å². The van der Waals surface area contributed by atoms with Gasteiger partial charge in [0.15, 0.2) is 0 Å². The van der Waals surface area contributed by atoms with Crippen LogP contribution in [0.5, 0.6) is 0 Å². The topological polar surface area (TPSA) is 64.6 Å². The molecule has 4 aromatic carbocycles. The molecule has 0 fully saturated rings. The number of nitrogens with one attached hydrogen (secondary N) is 1. The molecule has 0 aliphatic rings. The summed E-state index contributed by atoms with van der Waals surface area (Å²) in [6.45, 7) is 4.70. The maximum Gasteiger partial charge on any atom is 0.338 e. The zero-order valence-corrected chi connectivity index (χ0v) is 40.8. The lowest BCUT2D eigenvalue weighted by Crippen LogP contribution is -2.50. The molecule has 0 saturated carbocycles. The monoisotopic (exact) mass is 886 g/mol. The third-order valence-electron chi connectivity index (χ3n) is 13.2. The van der Waals surface area contributed by atoms with E-state index in [1.54, 1.807) is 12.1 Å². The lowest BCUT2D eigenvalue weighted by molar-refractivity contribution is -0.124. The van der Waals surface area contributed by atoms with Crippen LogP contribution in [0.2, 0.25) is 0 Å². The minimum Gasteiger partial charge on any atom is -0.456 e. The Balaban J connectivity index is 1.47. The average molecular weight is 886 g/mol. The molecule has 65 heavy (non-hydrogen) atoms. The van der Waals surface area contributed by atoms with Crippen LogP contribution in [0.15, 0.2) is 121 Å². The van der Waals surface area contributed by atoms with Gasteiger partial charge in [-0.2, -0.15) is 0 Å². The van der Waals surface area contributed by atoms with Gasteiger partial charge in [0.2, 0.25) is 5.91 Å². The van der Waals surface area contributed by atoms with Gasteiger partial charge in [-0.05, 0) is 48.1 Å². The Morgan fingerprint density at radius 1 is 0.446 bits per heavy atom. The molecule has 5 nitrogen and oxygen atoms in total. The maximum atomic E-state index is 14.0. The number of ether oxygens (including phenoxy) is 2. The summed E-state index contributed by atoms with van der Waals surface area (Å²) in [7, 11) is 0. The van der Waals surface area contributed by atoms with Crippen molar-refractivity contribution in [3.8, 4) is 0 Å². The van der Waals surface area contributed by atoms with Gasteiger partial charge in [-0.15, -0.1) is 0 Å². The number of unbranched alkanes of at least 4 members (excludes halogenated alkanes) is 24. The quantitative estimate of drug-likeness (QED) is 0.0277. The molecule has 0 aliphatic heterocycles. The second-order valence-electron chi connectivity index (χ2n) is 18.6. The maximum absolute atomic E-state index is 14.0. The van der Waals surface area contributed by atoms with Crippen LogP contribution >= 0.6 is 0 Å². The van der Waals surface area contributed by atoms with Gasteiger partial charge in [-0.1, -0.05) is 277 Å². The Morgan fingerprint density at radius 2 is 0.785 bits per heavy atom. The van der Waals surface area contributed by atoms with Gasteiger partial charge in [-0.3, -0.25) is 4.79 Å². The molecule has 356 valence electrons. The molecule has 0 saturated heterocycles. The van der Waals surface area contributed by atoms with Crippen LogP contribution in [0.4, 0.5) is 0 Å². The Kier molecular flexibility index (Phi) is 28.0. The van der Waals surface area contributed by atoms with Crippen LogP contribution < -0.4 is 5.32 Å². The summed E-state index contributed by atoms with van der Waals surface area (Å²) in [6.07, 6.45) is 33.2. The highest BCUT2D eigenvalue weighted by Gasteiger charge is 2.39. The summed E-state index contributed by atoms with van der Waals surface area (Å²) in [5.41, 5.74) is 2.50. The third kappa shape index (κ3) is 20.9. The fraction of sp³-hybridized carbons (Fsp3) is 0.567. The van der Waals surface area contributed by atoms with Crippen LogP contribution in [0, 0.1) is 0 Å². The number of rotatable bonds is 38. The molecular weight excluding hydrogens is 799 g/mol. The van der Waals surface area contributed by atoms with E-state index in [9.17, 15) is 9.59 Å². The Bertz CT molecular complexity index is 1650. The number of hydrogen-bond donors (Lipinski definition) is 1. The van der Waals surface area contributed by atoms with Gasteiger partial charge in [0, 0.05) is 6.42 Å². The molecule has 0 radical (unpaired) electrons. The van der Waals surface area contributed by atoms with Gasteiger partial charge < -0.3 is 14.8 Å². The summed E-state index contributed by atoms with van der Waals surface area (Å²) >= 11 is 0. The van der Waals surface area contributed by atoms with Crippen LogP contribution in [-0.2, 0) is 19.9 Å². The zero-order valence-electron chi connectivity index (χ0n) is 40.8. The van der Waals surface area contributed by atoms with Crippen molar-refractivity contribution in [1.82, 2.24) is 5.32 Å². The molecule has 1 N–H and O–H groups in total. The normalized spacial score (nSPS) is 12.5. The molecule has 2 atom stereocenters. The highest BCUT2D eigenvalue weighted by molar-refractivity contribution is 5.89. The molecule has 0 spiro atoms. The molecule has 0 aromatic heterocycles. The van der Waals surface area contributed by atoms with E-state index in [1.807, 2.05) is 72.8 Å². The third-order valence-corrected chi connectivity index (χ3v) is 13.2. The fourth-order valence-electron chi connectivity index (χ4n) is 9.29. The van der Waals surface area contributed by atoms with Crippen molar-refractivity contribution in [2.45, 2.75) is 211 Å². The molecule has 5 heteroatoms. The molecule has 0 unspecified atom stereocenters. The van der Waals surface area contributed by atoms with Gasteiger partial charge in [-0.25, -0.2) is 4.79 Å². The highest BCUT2D eigenvalue weighted by Crippen LogP contribution is 2.41. The molecule has 0 heterocycles. The number of amides is 1. The summed E-state index contributed by atoms with van der Waals surface area (Å²) in [5, 5.41) is 3.40. The van der Waals surface area contributed by atoms with E-state index >= 15 is 0 Å². The Labute approximate surface area is 396 Å². The van der Waals surface area contributed by atoms with E-state index in [1.165, 1.54) is 128 Å². The van der Waals surface area contributed by atoms with Crippen molar-refractivity contribution >= 4 is 11.9 Å². The van der Waals surface area contributed by atoms with Crippen molar-refractivity contribution in [2.24, 2.45) is 0 Å². The number of esters is 1. The second-order valence-corrected chi connectivity index (χ2v) is 18.6. The van der Waals surface area contributed by atoms with E-state index in [-0.39, 0.29) is 18.5 Å².